The summed E-state index contributed by atoms with van der Waals surface area (Å²) < 4.78 is 11.9. The predicted molar refractivity (Wildman–Crippen MR) is 141 cm³/mol. The van der Waals surface area contributed by atoms with Crippen molar-refractivity contribution in [1.82, 2.24) is 9.97 Å². The molecule has 3 heterocycles. The fourth-order valence-electron chi connectivity index (χ4n) is 5.04. The second kappa shape index (κ2) is 12.1. The number of benzene rings is 1. The average molecular weight is 489 g/mol. The summed E-state index contributed by atoms with van der Waals surface area (Å²) in [6.45, 7) is 8.36. The van der Waals surface area contributed by atoms with Gasteiger partial charge in [-0.25, -0.2) is 4.98 Å². The second-order valence-corrected chi connectivity index (χ2v) is 10.7. The summed E-state index contributed by atoms with van der Waals surface area (Å²) in [5.74, 6) is 3.23. The van der Waals surface area contributed by atoms with Gasteiger partial charge in [-0.15, -0.1) is 0 Å². The first-order valence-electron chi connectivity index (χ1n) is 13.4. The van der Waals surface area contributed by atoms with Crippen LogP contribution in [-0.4, -0.2) is 104 Å². The van der Waals surface area contributed by atoms with Crippen molar-refractivity contribution in [2.45, 2.75) is 31.7 Å². The molecule has 2 saturated heterocycles. The highest BCUT2D eigenvalue weighted by Crippen LogP contribution is 2.36. The molecule has 4 rings (SSSR count). The first-order chi connectivity index (χ1) is 16.9. The molecule has 2 aliphatic rings. The Labute approximate surface area is 210 Å². The number of rotatable bonds is 9. The average Bonchev–Trinajstić information content (AvgIpc) is 3.07. The van der Waals surface area contributed by atoms with E-state index in [0.717, 1.165) is 86.0 Å². The van der Waals surface area contributed by atoms with E-state index >= 15 is 0 Å². The highest BCUT2D eigenvalue weighted by Gasteiger charge is 2.24. The third-order valence-corrected chi connectivity index (χ3v) is 7.35. The number of likely N-dealkylation sites (N-methyl/N-ethyl adjacent to an activating group) is 1. The van der Waals surface area contributed by atoms with Gasteiger partial charge in [-0.05, 0) is 6.07 Å². The molecular formula is C26H46N7O2+3. The highest BCUT2D eigenvalue weighted by molar-refractivity contribution is 5.93. The van der Waals surface area contributed by atoms with Gasteiger partial charge in [0, 0.05) is 49.7 Å². The Morgan fingerprint density at radius 3 is 2.54 bits per heavy atom. The molecule has 0 aliphatic carbocycles. The molecule has 1 aromatic heterocycles. The summed E-state index contributed by atoms with van der Waals surface area (Å²) in [4.78, 5) is 17.1. The van der Waals surface area contributed by atoms with Crippen LogP contribution in [0.1, 0.15) is 25.7 Å². The predicted octanol–water partition coefficient (Wildman–Crippen LogP) is -1.63. The lowest BCUT2D eigenvalue weighted by Crippen LogP contribution is -3.10. The van der Waals surface area contributed by atoms with E-state index in [1.165, 1.54) is 24.5 Å². The first kappa shape index (κ1) is 25.7. The Hall–Kier alpha value is -2.36. The van der Waals surface area contributed by atoms with Crippen LogP contribution >= 0.6 is 0 Å². The number of nitrogens with zero attached hydrogens (tertiary/aromatic N) is 3. The number of hydrogen-bond acceptors (Lipinski definition) is 6. The Morgan fingerprint density at radius 1 is 1.03 bits per heavy atom. The molecule has 9 nitrogen and oxygen atoms in total. The molecule has 0 radical (unpaired) electrons. The number of quaternary nitrogens is 3. The van der Waals surface area contributed by atoms with E-state index in [4.69, 9.17) is 19.4 Å². The van der Waals surface area contributed by atoms with Gasteiger partial charge in [0.15, 0.2) is 11.5 Å². The van der Waals surface area contributed by atoms with Crippen molar-refractivity contribution in [3.63, 3.8) is 0 Å². The Kier molecular flexibility index (Phi) is 8.86. The summed E-state index contributed by atoms with van der Waals surface area (Å²) in [5, 5.41) is 4.79. The van der Waals surface area contributed by atoms with Crippen molar-refractivity contribution in [2.24, 2.45) is 0 Å². The van der Waals surface area contributed by atoms with Crippen molar-refractivity contribution in [3.8, 4) is 11.5 Å². The third kappa shape index (κ3) is 6.86. The molecular weight excluding hydrogens is 442 g/mol. The van der Waals surface area contributed by atoms with E-state index in [9.17, 15) is 0 Å². The Balaban J connectivity index is 1.66. The number of aromatic nitrogens is 2. The number of piperidine rings is 1. The fraction of sp³-hybridized carbons (Fsp3) is 0.692. The van der Waals surface area contributed by atoms with Gasteiger partial charge in [-0.3, -0.25) is 0 Å². The van der Waals surface area contributed by atoms with Gasteiger partial charge in [0.2, 0.25) is 5.95 Å². The van der Waals surface area contributed by atoms with E-state index in [1.54, 1.807) is 16.9 Å². The van der Waals surface area contributed by atoms with Crippen LogP contribution in [0.4, 0.5) is 11.8 Å². The minimum Gasteiger partial charge on any atom is -0.493 e. The van der Waals surface area contributed by atoms with E-state index in [2.05, 4.69) is 44.5 Å². The molecule has 0 saturated carbocycles. The van der Waals surface area contributed by atoms with Gasteiger partial charge < -0.3 is 34.4 Å². The monoisotopic (exact) mass is 488 g/mol. The quantitative estimate of drug-likeness (QED) is 0.318. The minimum absolute atomic E-state index is 0.430. The standard InChI is InChI=1S/C26H43N7O2/c1-30(2)10-7-17-35-24-19-22-21(18-23(24)34-5)25(27-20-8-13-32(4)14-9-20)29-26(28-22)33-12-6-11-31(3)15-16-33/h18-20H,6-17H2,1-5H3,(H,27,28,29)/p+3. The van der Waals surface area contributed by atoms with Crippen molar-refractivity contribution in [1.29, 1.82) is 0 Å². The molecule has 2 aromatic rings. The molecule has 35 heavy (non-hydrogen) atoms. The fourth-order valence-corrected chi connectivity index (χ4v) is 5.04. The van der Waals surface area contributed by atoms with Gasteiger partial charge in [-0.1, -0.05) is 0 Å². The number of methoxy groups -OCH3 is 1. The van der Waals surface area contributed by atoms with Crippen LogP contribution in [0.15, 0.2) is 12.1 Å². The Morgan fingerprint density at radius 2 is 1.80 bits per heavy atom. The molecule has 0 spiro atoms. The molecule has 9 heteroatoms. The van der Waals surface area contributed by atoms with Crippen LogP contribution in [0.5, 0.6) is 11.5 Å². The van der Waals surface area contributed by atoms with Crippen molar-refractivity contribution >= 4 is 22.7 Å². The van der Waals surface area contributed by atoms with E-state index < -0.39 is 0 Å². The lowest BCUT2D eigenvalue weighted by Gasteiger charge is -2.28. The summed E-state index contributed by atoms with van der Waals surface area (Å²) in [7, 11) is 10.6. The van der Waals surface area contributed by atoms with Crippen LogP contribution in [-0.2, 0) is 0 Å². The zero-order valence-electron chi connectivity index (χ0n) is 22.4. The molecule has 0 bridgehead atoms. The largest absolute Gasteiger partial charge is 0.493 e. The molecule has 1 unspecified atom stereocenters. The van der Waals surface area contributed by atoms with Gasteiger partial charge in [-0.2, -0.15) is 4.98 Å². The van der Waals surface area contributed by atoms with Crippen molar-refractivity contribution in [2.75, 3.05) is 97.9 Å². The number of hydrogen-bond donors (Lipinski definition) is 4. The molecule has 1 atom stereocenters. The number of likely N-dealkylation sites (tertiary alicyclic amines) is 1. The molecule has 2 aliphatic heterocycles. The zero-order chi connectivity index (χ0) is 24.8. The molecule has 4 N–H and O–H groups in total. The summed E-state index contributed by atoms with van der Waals surface area (Å²) in [6, 6.07) is 4.52. The van der Waals surface area contributed by atoms with Crippen LogP contribution in [0.2, 0.25) is 0 Å². The highest BCUT2D eigenvalue weighted by atomic mass is 16.5. The second-order valence-electron chi connectivity index (χ2n) is 10.7. The number of nitrogens with one attached hydrogen (secondary N) is 4. The number of ether oxygens (including phenoxy) is 2. The minimum atomic E-state index is 0.430. The van der Waals surface area contributed by atoms with Gasteiger partial charge in [0.1, 0.15) is 5.82 Å². The van der Waals surface area contributed by atoms with E-state index in [-0.39, 0.29) is 0 Å². The summed E-state index contributed by atoms with van der Waals surface area (Å²) >= 11 is 0. The topological polar surface area (TPSA) is 72.8 Å². The zero-order valence-corrected chi connectivity index (χ0v) is 22.4. The first-order valence-corrected chi connectivity index (χ1v) is 13.4. The van der Waals surface area contributed by atoms with Gasteiger partial charge in [0.05, 0.1) is 86.7 Å². The van der Waals surface area contributed by atoms with Gasteiger partial charge in [0.25, 0.3) is 0 Å². The van der Waals surface area contributed by atoms with Crippen molar-refractivity contribution in [3.05, 3.63) is 12.1 Å². The maximum absolute atomic E-state index is 6.17. The number of fused-ring (bicyclic) bond motifs is 1. The molecule has 2 fully saturated rings. The summed E-state index contributed by atoms with van der Waals surface area (Å²) in [6.07, 6.45) is 4.44. The van der Waals surface area contributed by atoms with E-state index in [1.807, 2.05) is 6.07 Å². The van der Waals surface area contributed by atoms with Crippen LogP contribution < -0.4 is 34.4 Å². The lowest BCUT2D eigenvalue weighted by atomic mass is 10.1. The van der Waals surface area contributed by atoms with Crippen molar-refractivity contribution < 1.29 is 24.2 Å². The molecule has 1 aromatic carbocycles. The maximum atomic E-state index is 6.17. The lowest BCUT2D eigenvalue weighted by molar-refractivity contribution is -0.884. The maximum Gasteiger partial charge on any atom is 0.228 e. The Bertz CT molecular complexity index is 962. The third-order valence-electron chi connectivity index (χ3n) is 7.35. The van der Waals surface area contributed by atoms with Crippen LogP contribution in [0.3, 0.4) is 0 Å². The van der Waals surface area contributed by atoms with E-state index in [0.29, 0.717) is 12.6 Å². The normalized spacial score (nSPS) is 23.4. The number of anilines is 2. The SMILES string of the molecule is COc1cc2c(NC3CC[NH+](C)CC3)nc(N3CCC[NH+](C)CC3)nc2cc1OCCC[NH+](C)C. The van der Waals surface area contributed by atoms with Gasteiger partial charge >= 0.3 is 0 Å². The molecule has 0 amide bonds. The summed E-state index contributed by atoms with van der Waals surface area (Å²) in [5.41, 5.74) is 0.912. The smallest absolute Gasteiger partial charge is 0.228 e. The van der Waals surface area contributed by atoms with Crippen LogP contribution in [0, 0.1) is 0 Å². The molecule has 194 valence electrons. The van der Waals surface area contributed by atoms with Crippen LogP contribution in [0.25, 0.3) is 10.9 Å².